The Labute approximate surface area is 278 Å². The molecule has 1 unspecified atom stereocenters. The molecule has 0 bridgehead atoms. The second-order valence-corrected chi connectivity index (χ2v) is 12.7. The predicted octanol–water partition coefficient (Wildman–Crippen LogP) is 8.65. The molecule has 1 atom stereocenters. The Morgan fingerprint density at radius 2 is 1.56 bits per heavy atom. The molecule has 0 aliphatic heterocycles. The Hall–Kier alpha value is -4.41. The first-order valence-electron chi connectivity index (χ1n) is 13.7. The van der Waals surface area contributed by atoms with Gasteiger partial charge >= 0.3 is 0 Å². The minimum absolute atomic E-state index is 0.0161. The van der Waals surface area contributed by atoms with E-state index in [2.05, 4.69) is 20.9 Å². The van der Waals surface area contributed by atoms with Gasteiger partial charge in [-0.05, 0) is 61.0 Å². The van der Waals surface area contributed by atoms with Crippen molar-refractivity contribution in [2.45, 2.75) is 17.1 Å². The van der Waals surface area contributed by atoms with E-state index in [0.717, 1.165) is 10.5 Å². The number of halogens is 2. The molecule has 45 heavy (non-hydrogen) atoms. The van der Waals surface area contributed by atoms with Gasteiger partial charge in [0, 0.05) is 37.1 Å². The molecule has 5 aromatic rings. The average molecular weight is 674 g/mol. The van der Waals surface area contributed by atoms with Gasteiger partial charge in [-0.1, -0.05) is 83.9 Å². The van der Waals surface area contributed by atoms with Gasteiger partial charge in [-0.25, -0.2) is 4.98 Å². The van der Waals surface area contributed by atoms with Crippen LogP contribution in [-0.2, 0) is 9.59 Å². The van der Waals surface area contributed by atoms with Crippen molar-refractivity contribution in [3.8, 4) is 11.3 Å². The smallest absolute Gasteiger partial charge is 0.272 e. The van der Waals surface area contributed by atoms with Crippen LogP contribution < -0.4 is 16.0 Å². The van der Waals surface area contributed by atoms with Gasteiger partial charge in [-0.3, -0.25) is 14.4 Å². The Kier molecular flexibility index (Phi) is 10.7. The van der Waals surface area contributed by atoms with Crippen LogP contribution in [0.1, 0.15) is 22.8 Å². The number of benzene rings is 4. The molecule has 7 nitrogen and oxygen atoms in total. The summed E-state index contributed by atoms with van der Waals surface area (Å²) in [5, 5.41) is 11.3. The number of hydrogen-bond donors (Lipinski definition) is 3. The van der Waals surface area contributed by atoms with Gasteiger partial charge in [0.2, 0.25) is 5.91 Å². The van der Waals surface area contributed by atoms with E-state index in [9.17, 15) is 14.4 Å². The zero-order valence-electron chi connectivity index (χ0n) is 23.8. The number of thioether (sulfide) groups is 1. The van der Waals surface area contributed by atoms with Gasteiger partial charge in [-0.15, -0.1) is 23.1 Å². The van der Waals surface area contributed by atoms with Crippen LogP contribution in [0.2, 0.25) is 10.0 Å². The van der Waals surface area contributed by atoms with Crippen molar-refractivity contribution in [1.82, 2.24) is 10.3 Å². The molecule has 1 heterocycles. The topological polar surface area (TPSA) is 100 Å². The SMILES string of the molecule is CC(Sc1cccc(NC(=O)/C(=C\c2ccccc2Cl)NC(=O)c2ccccc2)c1)C(=O)Nc1nc(-c2ccccc2Cl)cs1. The molecule has 226 valence electrons. The summed E-state index contributed by atoms with van der Waals surface area (Å²) in [5.41, 5.74) is 2.96. The third-order valence-electron chi connectivity index (χ3n) is 6.39. The Morgan fingerprint density at radius 1 is 0.844 bits per heavy atom. The zero-order valence-corrected chi connectivity index (χ0v) is 26.9. The van der Waals surface area contributed by atoms with E-state index in [1.54, 1.807) is 85.8 Å². The third kappa shape index (κ3) is 8.61. The molecule has 0 radical (unpaired) electrons. The highest BCUT2D eigenvalue weighted by atomic mass is 35.5. The Bertz CT molecular complexity index is 1880. The van der Waals surface area contributed by atoms with Crippen molar-refractivity contribution in [2.75, 3.05) is 10.6 Å². The highest BCUT2D eigenvalue weighted by Gasteiger charge is 2.19. The number of thiazole rings is 1. The van der Waals surface area contributed by atoms with Crippen molar-refractivity contribution in [3.05, 3.63) is 135 Å². The Morgan fingerprint density at radius 3 is 2.31 bits per heavy atom. The fourth-order valence-corrected chi connectivity index (χ4v) is 6.19. The minimum atomic E-state index is -0.537. The number of rotatable bonds is 10. The second-order valence-electron chi connectivity index (χ2n) is 9.65. The van der Waals surface area contributed by atoms with Gasteiger partial charge in [-0.2, -0.15) is 0 Å². The van der Waals surface area contributed by atoms with Crippen LogP contribution in [0.25, 0.3) is 17.3 Å². The lowest BCUT2D eigenvalue weighted by Gasteiger charge is -2.14. The first-order chi connectivity index (χ1) is 21.8. The van der Waals surface area contributed by atoms with E-state index in [1.807, 2.05) is 29.6 Å². The number of anilines is 2. The van der Waals surface area contributed by atoms with Crippen LogP contribution in [0, 0.1) is 0 Å². The van der Waals surface area contributed by atoms with Crippen molar-refractivity contribution in [2.24, 2.45) is 0 Å². The molecule has 11 heteroatoms. The van der Waals surface area contributed by atoms with E-state index in [1.165, 1.54) is 29.2 Å². The number of hydrogen-bond acceptors (Lipinski definition) is 6. The van der Waals surface area contributed by atoms with Crippen LogP contribution >= 0.6 is 46.3 Å². The molecular formula is C34H26Cl2N4O3S2. The van der Waals surface area contributed by atoms with Gasteiger partial charge in [0.05, 0.1) is 10.9 Å². The molecule has 0 aliphatic rings. The van der Waals surface area contributed by atoms with E-state index in [4.69, 9.17) is 23.2 Å². The average Bonchev–Trinajstić information content (AvgIpc) is 3.50. The van der Waals surface area contributed by atoms with Crippen molar-refractivity contribution >= 4 is 80.9 Å². The van der Waals surface area contributed by atoms with E-state index < -0.39 is 17.1 Å². The summed E-state index contributed by atoms with van der Waals surface area (Å²) in [6.45, 7) is 1.79. The fourth-order valence-electron chi connectivity index (χ4n) is 4.12. The van der Waals surface area contributed by atoms with E-state index in [-0.39, 0.29) is 11.6 Å². The second kappa shape index (κ2) is 15.0. The summed E-state index contributed by atoms with van der Waals surface area (Å²) < 4.78 is 0. The molecular weight excluding hydrogens is 647 g/mol. The van der Waals surface area contributed by atoms with Crippen molar-refractivity contribution in [1.29, 1.82) is 0 Å². The first-order valence-corrected chi connectivity index (χ1v) is 16.2. The molecule has 0 spiro atoms. The van der Waals surface area contributed by atoms with E-state index in [0.29, 0.717) is 37.7 Å². The minimum Gasteiger partial charge on any atom is -0.321 e. The molecule has 3 amide bonds. The van der Waals surface area contributed by atoms with Crippen LogP contribution in [0.3, 0.4) is 0 Å². The van der Waals surface area contributed by atoms with Crippen LogP contribution in [0.15, 0.2) is 119 Å². The van der Waals surface area contributed by atoms with Gasteiger partial charge in [0.1, 0.15) is 5.70 Å². The number of amides is 3. The molecule has 3 N–H and O–H groups in total. The van der Waals surface area contributed by atoms with Crippen molar-refractivity contribution < 1.29 is 14.4 Å². The normalized spacial score (nSPS) is 11.8. The molecule has 5 rings (SSSR count). The lowest BCUT2D eigenvalue weighted by molar-refractivity contribution is -0.115. The summed E-state index contributed by atoms with van der Waals surface area (Å²) in [7, 11) is 0. The first kappa shape index (κ1) is 32.0. The summed E-state index contributed by atoms with van der Waals surface area (Å²) in [5.74, 6) is -1.19. The maximum atomic E-state index is 13.4. The molecule has 0 saturated heterocycles. The maximum Gasteiger partial charge on any atom is 0.272 e. The standard InChI is InChI=1S/C34H26Cl2N4O3S2/c1-21(31(41)40-34-39-30(20-44-34)26-15-6-8-17-28(26)36)45-25-14-9-13-24(19-25)37-33(43)29(18-23-12-5-7-16-27(23)35)38-32(42)22-10-3-2-4-11-22/h2-21H,1H3,(H,37,43)(H,38,42)(H,39,40,41)/b29-18+. The van der Waals surface area contributed by atoms with Gasteiger partial charge in [0.25, 0.3) is 11.8 Å². The zero-order chi connectivity index (χ0) is 31.8. The fraction of sp³-hybridized carbons (Fsp3) is 0.0588. The van der Waals surface area contributed by atoms with E-state index >= 15 is 0 Å². The molecule has 0 saturated carbocycles. The van der Waals surface area contributed by atoms with Gasteiger partial charge in [0.15, 0.2) is 5.13 Å². The highest BCUT2D eigenvalue weighted by molar-refractivity contribution is 8.00. The summed E-state index contributed by atoms with van der Waals surface area (Å²) in [6, 6.07) is 30.1. The van der Waals surface area contributed by atoms with Crippen molar-refractivity contribution in [3.63, 3.8) is 0 Å². The number of nitrogens with one attached hydrogen (secondary N) is 3. The summed E-state index contributed by atoms with van der Waals surface area (Å²) in [4.78, 5) is 44.6. The summed E-state index contributed by atoms with van der Waals surface area (Å²) >= 11 is 15.3. The molecule has 1 aromatic heterocycles. The third-order valence-corrected chi connectivity index (χ3v) is 8.92. The Balaban J connectivity index is 1.26. The quantitative estimate of drug-likeness (QED) is 0.102. The van der Waals surface area contributed by atoms with Crippen LogP contribution in [0.4, 0.5) is 10.8 Å². The van der Waals surface area contributed by atoms with Crippen LogP contribution in [0.5, 0.6) is 0 Å². The number of carbonyl (C=O) groups is 3. The molecule has 0 aliphatic carbocycles. The predicted molar refractivity (Wildman–Crippen MR) is 185 cm³/mol. The number of carbonyl (C=O) groups excluding carboxylic acids is 3. The largest absolute Gasteiger partial charge is 0.321 e. The highest BCUT2D eigenvalue weighted by Crippen LogP contribution is 2.31. The number of nitrogens with zero attached hydrogens (tertiary/aromatic N) is 1. The lowest BCUT2D eigenvalue weighted by atomic mass is 10.1. The molecule has 0 fully saturated rings. The summed E-state index contributed by atoms with van der Waals surface area (Å²) in [6.07, 6.45) is 1.53. The lowest BCUT2D eigenvalue weighted by Crippen LogP contribution is -2.30. The molecule has 4 aromatic carbocycles. The number of aromatic nitrogens is 1. The van der Waals surface area contributed by atoms with Gasteiger partial charge < -0.3 is 16.0 Å². The van der Waals surface area contributed by atoms with Crippen LogP contribution in [-0.4, -0.2) is 28.0 Å². The maximum absolute atomic E-state index is 13.4. The monoisotopic (exact) mass is 672 g/mol.